The van der Waals surface area contributed by atoms with E-state index in [4.69, 9.17) is 14.2 Å². The third-order valence-corrected chi connectivity index (χ3v) is 7.62. The molecule has 1 atom stereocenters. The van der Waals surface area contributed by atoms with Crippen molar-refractivity contribution >= 4 is 28.8 Å². The highest BCUT2D eigenvalue weighted by atomic mass is 32.1. The molecule has 4 rings (SSSR count). The number of carbonyl (C=O) groups excluding carboxylic acids is 2. The van der Waals surface area contributed by atoms with Crippen LogP contribution >= 0.6 is 11.3 Å². The summed E-state index contributed by atoms with van der Waals surface area (Å²) in [6.07, 6.45) is 5.08. The number of halogens is 1. The monoisotopic (exact) mass is 540 g/mol. The Hall–Kier alpha value is -3.59. The van der Waals surface area contributed by atoms with Crippen LogP contribution < -0.4 is 24.4 Å². The smallest absolute Gasteiger partial charge is 0.248 e. The van der Waals surface area contributed by atoms with E-state index in [1.54, 1.807) is 12.1 Å². The Morgan fingerprint density at radius 2 is 1.66 bits per heavy atom. The second-order valence-electron chi connectivity index (χ2n) is 9.20. The summed E-state index contributed by atoms with van der Waals surface area (Å²) >= 11 is 1.46. The third-order valence-electron chi connectivity index (χ3n) is 6.74. The van der Waals surface area contributed by atoms with Gasteiger partial charge in [0.2, 0.25) is 17.6 Å². The van der Waals surface area contributed by atoms with E-state index < -0.39 is 11.9 Å². The van der Waals surface area contributed by atoms with E-state index >= 15 is 0 Å². The number of hydrogen-bond donors (Lipinski definition) is 1. The summed E-state index contributed by atoms with van der Waals surface area (Å²) in [5, 5.41) is 5.08. The Balaban J connectivity index is 1.84. The average Bonchev–Trinajstić information content (AvgIpc) is 3.44. The number of thiophene rings is 1. The van der Waals surface area contributed by atoms with Gasteiger partial charge in [0, 0.05) is 16.6 Å². The molecule has 1 aliphatic rings. The van der Waals surface area contributed by atoms with Crippen LogP contribution in [0.2, 0.25) is 0 Å². The molecule has 0 spiro atoms. The fourth-order valence-corrected chi connectivity index (χ4v) is 5.59. The van der Waals surface area contributed by atoms with Crippen LogP contribution in [0.15, 0.2) is 53.9 Å². The molecule has 7 nitrogen and oxygen atoms in total. The predicted molar refractivity (Wildman–Crippen MR) is 146 cm³/mol. The minimum absolute atomic E-state index is 0.0169. The summed E-state index contributed by atoms with van der Waals surface area (Å²) in [7, 11) is 4.50. The molecule has 1 fully saturated rings. The van der Waals surface area contributed by atoms with Crippen molar-refractivity contribution in [1.29, 1.82) is 0 Å². The zero-order chi connectivity index (χ0) is 27.1. The van der Waals surface area contributed by atoms with Crippen LogP contribution in [0.3, 0.4) is 0 Å². The molecule has 0 aliphatic heterocycles. The molecule has 2 aromatic carbocycles. The van der Waals surface area contributed by atoms with Crippen LogP contribution in [0.4, 0.5) is 10.1 Å². The first-order valence-corrected chi connectivity index (χ1v) is 13.5. The van der Waals surface area contributed by atoms with E-state index in [0.717, 1.165) is 37.0 Å². The van der Waals surface area contributed by atoms with E-state index in [0.29, 0.717) is 28.5 Å². The topological polar surface area (TPSA) is 77.1 Å². The average molecular weight is 541 g/mol. The molecule has 3 aromatic rings. The van der Waals surface area contributed by atoms with Crippen LogP contribution in [0.1, 0.15) is 48.6 Å². The maximum atomic E-state index is 14.1. The maximum Gasteiger partial charge on any atom is 0.248 e. The Morgan fingerprint density at radius 1 is 1.00 bits per heavy atom. The van der Waals surface area contributed by atoms with Gasteiger partial charge in [-0.2, -0.15) is 0 Å². The fraction of sp³-hybridized carbons (Fsp3) is 0.379. The van der Waals surface area contributed by atoms with Crippen molar-refractivity contribution in [2.75, 3.05) is 26.2 Å². The van der Waals surface area contributed by atoms with Gasteiger partial charge >= 0.3 is 0 Å². The number of carbonyl (C=O) groups is 2. The summed E-state index contributed by atoms with van der Waals surface area (Å²) in [6.45, 7) is 0. The molecule has 0 bridgehead atoms. The van der Waals surface area contributed by atoms with Gasteiger partial charge in [0.1, 0.15) is 11.9 Å². The van der Waals surface area contributed by atoms with Crippen molar-refractivity contribution < 1.29 is 28.2 Å². The van der Waals surface area contributed by atoms with Crippen molar-refractivity contribution in [3.63, 3.8) is 0 Å². The summed E-state index contributed by atoms with van der Waals surface area (Å²) in [5.74, 6) is 0.0506. The highest BCUT2D eigenvalue weighted by Gasteiger charge is 2.35. The molecule has 0 radical (unpaired) electrons. The Morgan fingerprint density at radius 3 is 2.21 bits per heavy atom. The van der Waals surface area contributed by atoms with E-state index in [1.165, 1.54) is 61.8 Å². The quantitative estimate of drug-likeness (QED) is 0.358. The van der Waals surface area contributed by atoms with Crippen molar-refractivity contribution in [1.82, 2.24) is 5.32 Å². The molecule has 1 heterocycles. The first kappa shape index (κ1) is 27.4. The van der Waals surface area contributed by atoms with E-state index in [1.807, 2.05) is 17.5 Å². The lowest BCUT2D eigenvalue weighted by molar-refractivity contribution is -0.127. The van der Waals surface area contributed by atoms with Gasteiger partial charge in [-0.05, 0) is 66.2 Å². The van der Waals surface area contributed by atoms with Crippen molar-refractivity contribution in [3.8, 4) is 17.2 Å². The van der Waals surface area contributed by atoms with E-state index in [2.05, 4.69) is 5.32 Å². The first-order valence-electron chi connectivity index (χ1n) is 12.7. The van der Waals surface area contributed by atoms with Gasteiger partial charge in [-0.1, -0.05) is 25.3 Å². The minimum atomic E-state index is -1.07. The van der Waals surface area contributed by atoms with Gasteiger partial charge in [0.15, 0.2) is 11.5 Å². The molecule has 9 heteroatoms. The Bertz CT molecular complexity index is 1200. The second-order valence-corrected chi connectivity index (χ2v) is 10.2. The van der Waals surface area contributed by atoms with Crippen LogP contribution in [0, 0.1) is 5.82 Å². The molecule has 202 valence electrons. The van der Waals surface area contributed by atoms with Gasteiger partial charge < -0.3 is 19.5 Å². The van der Waals surface area contributed by atoms with Crippen molar-refractivity contribution in [2.24, 2.45) is 0 Å². The fourth-order valence-electron chi connectivity index (χ4n) is 4.89. The molecular weight excluding hydrogens is 507 g/mol. The Kier molecular flexibility index (Phi) is 9.23. The van der Waals surface area contributed by atoms with Crippen molar-refractivity contribution in [3.05, 3.63) is 70.2 Å². The van der Waals surface area contributed by atoms with Gasteiger partial charge in [-0.3, -0.25) is 14.5 Å². The third kappa shape index (κ3) is 6.27. The standard InChI is InChI=1S/C29H33FN2O5S/c1-35-24-16-19(17-25(36-2)28(24)37-3)27(29(34)31-21-8-5-4-6-9-21)32(22-13-11-20(30)12-14-22)26(33)18-23-10-7-15-38-23/h7,10-17,21,27H,4-6,8-9,18H2,1-3H3,(H,31,34). The largest absolute Gasteiger partial charge is 0.493 e. The van der Waals surface area contributed by atoms with E-state index in [9.17, 15) is 14.0 Å². The number of nitrogens with one attached hydrogen (secondary N) is 1. The Labute approximate surface area is 226 Å². The van der Waals surface area contributed by atoms with Crippen LogP contribution in [0.5, 0.6) is 17.2 Å². The van der Waals surface area contributed by atoms with Gasteiger partial charge in [-0.25, -0.2) is 4.39 Å². The summed E-state index contributed by atoms with van der Waals surface area (Å²) in [4.78, 5) is 30.3. The number of anilines is 1. The molecule has 0 saturated heterocycles. The molecule has 1 unspecified atom stereocenters. The molecule has 2 amide bonds. The van der Waals surface area contributed by atoms with Gasteiger partial charge in [-0.15, -0.1) is 11.3 Å². The molecule has 38 heavy (non-hydrogen) atoms. The highest BCUT2D eigenvalue weighted by Crippen LogP contribution is 2.42. The zero-order valence-corrected chi connectivity index (χ0v) is 22.7. The number of ether oxygens (including phenoxy) is 3. The van der Waals surface area contributed by atoms with Gasteiger partial charge in [0.05, 0.1) is 27.8 Å². The predicted octanol–water partition coefficient (Wildman–Crippen LogP) is 5.68. The summed E-state index contributed by atoms with van der Waals surface area (Å²) in [6, 6.07) is 11.7. The molecular formula is C29H33FN2O5S. The van der Waals surface area contributed by atoms with Crippen molar-refractivity contribution in [2.45, 2.75) is 50.6 Å². The molecule has 1 saturated carbocycles. The number of benzene rings is 2. The lowest BCUT2D eigenvalue weighted by Gasteiger charge is -2.34. The summed E-state index contributed by atoms with van der Waals surface area (Å²) in [5.41, 5.74) is 0.891. The number of methoxy groups -OCH3 is 3. The number of rotatable bonds is 10. The first-order chi connectivity index (χ1) is 18.4. The highest BCUT2D eigenvalue weighted by molar-refractivity contribution is 7.10. The lowest BCUT2D eigenvalue weighted by Crippen LogP contribution is -2.47. The second kappa shape index (κ2) is 12.8. The van der Waals surface area contributed by atoms with E-state index in [-0.39, 0.29) is 24.3 Å². The molecule has 1 aromatic heterocycles. The molecule has 1 N–H and O–H groups in total. The van der Waals surface area contributed by atoms with Crippen LogP contribution in [-0.2, 0) is 16.0 Å². The normalized spacial score (nSPS) is 14.4. The number of amides is 2. The molecule has 1 aliphatic carbocycles. The number of hydrogen-bond acceptors (Lipinski definition) is 6. The lowest BCUT2D eigenvalue weighted by atomic mass is 9.94. The van der Waals surface area contributed by atoms with Gasteiger partial charge in [0.25, 0.3) is 0 Å². The number of nitrogens with zero attached hydrogens (tertiary/aromatic N) is 1. The minimum Gasteiger partial charge on any atom is -0.493 e. The summed E-state index contributed by atoms with van der Waals surface area (Å²) < 4.78 is 30.5. The van der Waals surface area contributed by atoms with Crippen LogP contribution in [-0.4, -0.2) is 39.2 Å². The van der Waals surface area contributed by atoms with Crippen LogP contribution in [0.25, 0.3) is 0 Å². The SMILES string of the molecule is COc1cc(C(C(=O)NC2CCCCC2)N(C(=O)Cc2cccs2)c2ccc(F)cc2)cc(OC)c1OC. The maximum absolute atomic E-state index is 14.1. The zero-order valence-electron chi connectivity index (χ0n) is 21.9.